The average Bonchev–Trinajstić information content (AvgIpc) is 2.68. The lowest BCUT2D eigenvalue weighted by Crippen LogP contribution is -2.44. The lowest BCUT2D eigenvalue weighted by atomic mass is 10.0. The first-order valence-electron chi connectivity index (χ1n) is 9.62. The summed E-state index contributed by atoms with van der Waals surface area (Å²) >= 11 is 12.0. The molecule has 0 aliphatic carbocycles. The molecule has 4 nitrogen and oxygen atoms in total. The van der Waals surface area contributed by atoms with Crippen LogP contribution in [0, 0.1) is 6.92 Å². The van der Waals surface area contributed by atoms with E-state index in [0.29, 0.717) is 29.5 Å². The summed E-state index contributed by atoms with van der Waals surface area (Å²) in [5, 5.41) is 4.33. The Bertz CT molecular complexity index is 820. The van der Waals surface area contributed by atoms with Crippen molar-refractivity contribution >= 4 is 29.0 Å². The zero-order valence-electron chi connectivity index (χ0n) is 16.1. The molecule has 0 spiro atoms. The molecular weight excluding hydrogens is 395 g/mol. The van der Waals surface area contributed by atoms with Crippen LogP contribution in [0.2, 0.25) is 10.0 Å². The van der Waals surface area contributed by atoms with Crippen molar-refractivity contribution in [2.75, 3.05) is 39.3 Å². The Morgan fingerprint density at radius 2 is 1.71 bits per heavy atom. The monoisotopic (exact) mass is 420 g/mol. The van der Waals surface area contributed by atoms with Gasteiger partial charge in [-0.25, -0.2) is 0 Å². The number of ether oxygens (including phenoxy) is 1. The molecule has 150 valence electrons. The Morgan fingerprint density at radius 1 is 1.04 bits per heavy atom. The summed E-state index contributed by atoms with van der Waals surface area (Å²) in [4.78, 5) is 14.9. The molecule has 1 heterocycles. The largest absolute Gasteiger partial charge is 0.492 e. The highest BCUT2D eigenvalue weighted by molar-refractivity contribution is 6.42. The number of benzene rings is 2. The molecule has 0 radical (unpaired) electrons. The van der Waals surface area contributed by atoms with Crippen molar-refractivity contribution in [2.24, 2.45) is 0 Å². The average molecular weight is 421 g/mol. The fourth-order valence-electron chi connectivity index (χ4n) is 3.30. The van der Waals surface area contributed by atoms with Gasteiger partial charge in [-0.1, -0.05) is 41.4 Å². The molecule has 1 saturated heterocycles. The molecule has 0 amide bonds. The van der Waals surface area contributed by atoms with E-state index in [1.807, 2.05) is 31.2 Å². The lowest BCUT2D eigenvalue weighted by Gasteiger charge is -2.27. The van der Waals surface area contributed by atoms with Gasteiger partial charge in [-0.05, 0) is 41.8 Å². The summed E-state index contributed by atoms with van der Waals surface area (Å²) in [6.07, 6.45) is 0.707. The fourth-order valence-corrected chi connectivity index (χ4v) is 3.62. The molecule has 0 aromatic heterocycles. The van der Waals surface area contributed by atoms with Crippen molar-refractivity contribution in [3.05, 3.63) is 63.1 Å². The summed E-state index contributed by atoms with van der Waals surface area (Å²) in [6.45, 7) is 7.80. The third kappa shape index (κ3) is 6.21. The third-order valence-corrected chi connectivity index (χ3v) is 5.65. The van der Waals surface area contributed by atoms with Crippen molar-refractivity contribution in [1.29, 1.82) is 0 Å². The zero-order chi connectivity index (χ0) is 19.9. The van der Waals surface area contributed by atoms with Gasteiger partial charge in [0.2, 0.25) is 0 Å². The minimum atomic E-state index is 0.133. The molecule has 2 aromatic rings. The molecule has 3 rings (SSSR count). The number of nitrogens with one attached hydrogen (secondary N) is 1. The highest BCUT2D eigenvalue weighted by Gasteiger charge is 2.11. The van der Waals surface area contributed by atoms with Crippen molar-refractivity contribution in [3.8, 4) is 5.75 Å². The van der Waals surface area contributed by atoms with Gasteiger partial charge in [0.1, 0.15) is 18.1 Å². The van der Waals surface area contributed by atoms with Crippen molar-refractivity contribution in [3.63, 3.8) is 0 Å². The molecule has 2 aromatic carbocycles. The first kappa shape index (κ1) is 21.1. The molecule has 0 bridgehead atoms. The molecule has 1 N–H and O–H groups in total. The van der Waals surface area contributed by atoms with Gasteiger partial charge in [0.25, 0.3) is 0 Å². The van der Waals surface area contributed by atoms with E-state index in [2.05, 4.69) is 10.2 Å². The molecule has 28 heavy (non-hydrogen) atoms. The second kappa shape index (κ2) is 10.3. The molecule has 6 heteroatoms. The molecule has 1 aliphatic heterocycles. The third-order valence-electron chi connectivity index (χ3n) is 4.91. The van der Waals surface area contributed by atoms with Crippen LogP contribution in [0.1, 0.15) is 16.7 Å². The first-order valence-corrected chi connectivity index (χ1v) is 10.4. The van der Waals surface area contributed by atoms with Gasteiger partial charge in [-0.15, -0.1) is 0 Å². The SMILES string of the molecule is Cc1ccc(CC(=O)Cc2ccc(Cl)c(Cl)c2)cc1OCCN1CCNCC1. The predicted molar refractivity (Wildman–Crippen MR) is 115 cm³/mol. The van der Waals surface area contributed by atoms with Crippen LogP contribution in [-0.4, -0.2) is 50.0 Å². The minimum absolute atomic E-state index is 0.133. The smallest absolute Gasteiger partial charge is 0.141 e. The normalized spacial score (nSPS) is 14.8. The van der Waals surface area contributed by atoms with Crippen LogP contribution in [0.25, 0.3) is 0 Å². The van der Waals surface area contributed by atoms with Crippen molar-refractivity contribution in [1.82, 2.24) is 10.2 Å². The van der Waals surface area contributed by atoms with Crippen LogP contribution < -0.4 is 10.1 Å². The first-order chi connectivity index (χ1) is 13.5. The summed E-state index contributed by atoms with van der Waals surface area (Å²) in [6, 6.07) is 11.3. The maximum atomic E-state index is 12.5. The number of Topliss-reactive ketones (excluding diaryl/α,β-unsaturated/α-hetero) is 1. The van der Waals surface area contributed by atoms with Crippen LogP contribution in [-0.2, 0) is 17.6 Å². The van der Waals surface area contributed by atoms with Crippen LogP contribution in [0.5, 0.6) is 5.75 Å². The second-order valence-electron chi connectivity index (χ2n) is 7.18. The van der Waals surface area contributed by atoms with E-state index in [-0.39, 0.29) is 5.78 Å². The summed E-state index contributed by atoms with van der Waals surface area (Å²) < 4.78 is 6.00. The van der Waals surface area contributed by atoms with Crippen molar-refractivity contribution in [2.45, 2.75) is 19.8 Å². The van der Waals surface area contributed by atoms with Crippen LogP contribution in [0.4, 0.5) is 0 Å². The van der Waals surface area contributed by atoms with Gasteiger partial charge >= 0.3 is 0 Å². The van der Waals surface area contributed by atoms with E-state index in [0.717, 1.165) is 55.2 Å². The Morgan fingerprint density at radius 3 is 2.43 bits per heavy atom. The van der Waals surface area contributed by atoms with Crippen LogP contribution in [0.3, 0.4) is 0 Å². The number of nitrogens with zero attached hydrogens (tertiary/aromatic N) is 1. The van der Waals surface area contributed by atoms with Gasteiger partial charge < -0.3 is 10.1 Å². The van der Waals surface area contributed by atoms with Gasteiger partial charge in [0, 0.05) is 45.6 Å². The number of hydrogen-bond acceptors (Lipinski definition) is 4. The molecule has 1 aliphatic rings. The lowest BCUT2D eigenvalue weighted by molar-refractivity contribution is -0.117. The highest BCUT2D eigenvalue weighted by atomic mass is 35.5. The van der Waals surface area contributed by atoms with Gasteiger partial charge in [-0.3, -0.25) is 9.69 Å². The van der Waals surface area contributed by atoms with Crippen LogP contribution in [0.15, 0.2) is 36.4 Å². The maximum Gasteiger partial charge on any atom is 0.141 e. The van der Waals surface area contributed by atoms with Crippen molar-refractivity contribution < 1.29 is 9.53 Å². The van der Waals surface area contributed by atoms with Gasteiger partial charge in [0.15, 0.2) is 0 Å². The van der Waals surface area contributed by atoms with E-state index in [4.69, 9.17) is 27.9 Å². The number of rotatable bonds is 8. The fraction of sp³-hybridized carbons (Fsp3) is 0.409. The molecule has 0 unspecified atom stereocenters. The molecule has 0 atom stereocenters. The molecule has 0 saturated carbocycles. The number of piperazine rings is 1. The van der Waals surface area contributed by atoms with Gasteiger partial charge in [-0.2, -0.15) is 0 Å². The van der Waals surface area contributed by atoms with E-state index in [1.54, 1.807) is 12.1 Å². The standard InChI is InChI=1S/C22H26Cl2N2O2/c1-16-2-3-18(13-19(27)12-17-4-5-20(23)21(24)14-17)15-22(16)28-11-10-26-8-6-25-7-9-26/h2-5,14-15,25H,6-13H2,1H3. The highest BCUT2D eigenvalue weighted by Crippen LogP contribution is 2.24. The van der Waals surface area contributed by atoms with E-state index < -0.39 is 0 Å². The molecule has 1 fully saturated rings. The van der Waals surface area contributed by atoms with E-state index >= 15 is 0 Å². The summed E-state index contributed by atoms with van der Waals surface area (Å²) in [7, 11) is 0. The number of carbonyl (C=O) groups excluding carboxylic acids is 1. The van der Waals surface area contributed by atoms with Crippen LogP contribution >= 0.6 is 23.2 Å². The summed E-state index contributed by atoms with van der Waals surface area (Å²) in [5.74, 6) is 0.990. The minimum Gasteiger partial charge on any atom is -0.492 e. The van der Waals surface area contributed by atoms with Gasteiger partial charge in [0.05, 0.1) is 10.0 Å². The number of halogens is 2. The summed E-state index contributed by atoms with van der Waals surface area (Å²) in [5.41, 5.74) is 2.92. The quantitative estimate of drug-likeness (QED) is 0.701. The zero-order valence-corrected chi connectivity index (χ0v) is 17.7. The Labute approximate surface area is 176 Å². The Balaban J connectivity index is 1.54. The van der Waals surface area contributed by atoms with E-state index in [9.17, 15) is 4.79 Å². The second-order valence-corrected chi connectivity index (χ2v) is 8.00. The Kier molecular flexibility index (Phi) is 7.74. The molecular formula is C22H26Cl2N2O2. The number of carbonyl (C=O) groups is 1. The predicted octanol–water partition coefficient (Wildman–Crippen LogP) is 3.94. The topological polar surface area (TPSA) is 41.6 Å². The van der Waals surface area contributed by atoms with E-state index in [1.165, 1.54) is 0 Å². The Hall–Kier alpha value is -1.59. The number of aryl methyl sites for hydroxylation is 1. The number of hydrogen-bond donors (Lipinski definition) is 1. The maximum absolute atomic E-state index is 12.5. The number of ketones is 1.